The van der Waals surface area contributed by atoms with Gasteiger partial charge in [-0.15, -0.1) is 11.3 Å². The second-order valence-electron chi connectivity index (χ2n) is 4.67. The number of anilines is 1. The van der Waals surface area contributed by atoms with Gasteiger partial charge in [0.2, 0.25) is 11.8 Å². The molecule has 21 heavy (non-hydrogen) atoms. The molecule has 3 rings (SSSR count). The Morgan fingerprint density at radius 1 is 1.29 bits per heavy atom. The Morgan fingerprint density at radius 2 is 2.05 bits per heavy atom. The topological polar surface area (TPSA) is 54.5 Å². The number of hydrogen-bond acceptors (Lipinski definition) is 4. The van der Waals surface area contributed by atoms with Gasteiger partial charge in [0.05, 0.1) is 10.6 Å². The average molecular weight is 320 g/mol. The van der Waals surface area contributed by atoms with Crippen LogP contribution in [0.5, 0.6) is 0 Å². The normalized spacial score (nSPS) is 17.0. The van der Waals surface area contributed by atoms with E-state index in [9.17, 15) is 14.4 Å². The number of benzene rings is 1. The third kappa shape index (κ3) is 2.18. The van der Waals surface area contributed by atoms with Crippen molar-refractivity contribution >= 4 is 46.2 Å². The molecular formula is C15H10ClNO3S. The van der Waals surface area contributed by atoms with E-state index in [2.05, 4.69) is 0 Å². The van der Waals surface area contributed by atoms with E-state index in [0.29, 0.717) is 21.2 Å². The van der Waals surface area contributed by atoms with E-state index >= 15 is 0 Å². The van der Waals surface area contributed by atoms with Crippen LogP contribution in [0.4, 0.5) is 5.69 Å². The first-order chi connectivity index (χ1) is 10.0. The third-order valence-electron chi connectivity index (χ3n) is 3.35. The molecule has 2 heterocycles. The number of carbonyl (C=O) groups is 3. The van der Waals surface area contributed by atoms with Gasteiger partial charge >= 0.3 is 0 Å². The molecule has 0 aliphatic carbocycles. The predicted octanol–water partition coefficient (Wildman–Crippen LogP) is 3.26. The highest BCUT2D eigenvalue weighted by atomic mass is 35.5. The molecule has 4 nitrogen and oxygen atoms in total. The highest BCUT2D eigenvalue weighted by Gasteiger charge is 2.44. The van der Waals surface area contributed by atoms with Gasteiger partial charge in [-0.3, -0.25) is 14.4 Å². The van der Waals surface area contributed by atoms with Crippen molar-refractivity contribution in [1.29, 1.82) is 0 Å². The van der Waals surface area contributed by atoms with Crippen LogP contribution in [0.3, 0.4) is 0 Å². The van der Waals surface area contributed by atoms with Crippen molar-refractivity contribution in [2.45, 2.75) is 12.8 Å². The second kappa shape index (κ2) is 5.09. The minimum atomic E-state index is -0.999. The fourth-order valence-electron chi connectivity index (χ4n) is 2.48. The van der Waals surface area contributed by atoms with Crippen LogP contribution < -0.4 is 4.90 Å². The summed E-state index contributed by atoms with van der Waals surface area (Å²) in [6.07, 6.45) is 0. The maximum atomic E-state index is 12.6. The summed E-state index contributed by atoms with van der Waals surface area (Å²) in [4.78, 5) is 38.3. The first-order valence-electron chi connectivity index (χ1n) is 6.22. The number of nitrogens with zero attached hydrogens (tertiary/aromatic N) is 1. The lowest BCUT2D eigenvalue weighted by atomic mass is 9.95. The van der Waals surface area contributed by atoms with Gasteiger partial charge in [0.1, 0.15) is 5.92 Å². The summed E-state index contributed by atoms with van der Waals surface area (Å²) in [5, 5.41) is 2.20. The minimum absolute atomic E-state index is 0.303. The largest absolute Gasteiger partial charge is 0.292 e. The molecule has 1 aliphatic rings. The molecule has 1 aliphatic heterocycles. The molecule has 1 unspecified atom stereocenters. The zero-order valence-electron chi connectivity index (χ0n) is 11.0. The van der Waals surface area contributed by atoms with Crippen LogP contribution in [0, 0.1) is 0 Å². The maximum Gasteiger partial charge on any atom is 0.249 e. The van der Waals surface area contributed by atoms with Gasteiger partial charge in [0.25, 0.3) is 0 Å². The fraction of sp³-hybridized carbons (Fsp3) is 0.133. The van der Waals surface area contributed by atoms with Crippen LogP contribution in [0.2, 0.25) is 5.02 Å². The number of fused-ring (bicyclic) bond motifs is 1. The minimum Gasteiger partial charge on any atom is -0.292 e. The summed E-state index contributed by atoms with van der Waals surface area (Å²) in [6, 6.07) is 8.19. The Labute approximate surface area is 129 Å². The van der Waals surface area contributed by atoms with Crippen molar-refractivity contribution in [3.8, 4) is 0 Å². The zero-order chi connectivity index (χ0) is 15.1. The maximum absolute atomic E-state index is 12.6. The summed E-state index contributed by atoms with van der Waals surface area (Å²) in [7, 11) is 0. The van der Waals surface area contributed by atoms with Crippen molar-refractivity contribution in [2.24, 2.45) is 0 Å². The molecule has 2 aromatic rings. The molecule has 1 aromatic carbocycles. The smallest absolute Gasteiger partial charge is 0.249 e. The molecule has 106 valence electrons. The van der Waals surface area contributed by atoms with Crippen molar-refractivity contribution in [3.63, 3.8) is 0 Å². The molecular weight excluding hydrogens is 310 g/mol. The standard InChI is InChI=1S/C15H10ClNO3S/c1-8(18)17-11-5-4-9(16)7-10(11)13(15(17)20)14(19)12-3-2-6-21-12/h2-7,13H,1H3. The summed E-state index contributed by atoms with van der Waals surface area (Å²) >= 11 is 7.24. The number of thiophene rings is 1. The van der Waals surface area contributed by atoms with Gasteiger partial charge in [0.15, 0.2) is 5.78 Å². The predicted molar refractivity (Wildman–Crippen MR) is 81.0 cm³/mol. The van der Waals surface area contributed by atoms with Crippen molar-refractivity contribution in [3.05, 3.63) is 51.2 Å². The Balaban J connectivity index is 2.14. The molecule has 0 radical (unpaired) electrons. The van der Waals surface area contributed by atoms with Gasteiger partial charge < -0.3 is 0 Å². The fourth-order valence-corrected chi connectivity index (χ4v) is 3.36. The number of hydrogen-bond donors (Lipinski definition) is 0. The highest BCUT2D eigenvalue weighted by Crippen LogP contribution is 2.41. The first-order valence-corrected chi connectivity index (χ1v) is 7.48. The molecule has 0 bridgehead atoms. The third-order valence-corrected chi connectivity index (χ3v) is 4.47. The van der Waals surface area contributed by atoms with E-state index in [0.717, 1.165) is 4.90 Å². The molecule has 1 atom stereocenters. The van der Waals surface area contributed by atoms with E-state index in [1.807, 2.05) is 0 Å². The van der Waals surface area contributed by atoms with E-state index < -0.39 is 17.7 Å². The highest BCUT2D eigenvalue weighted by molar-refractivity contribution is 7.12. The quantitative estimate of drug-likeness (QED) is 0.630. The summed E-state index contributed by atoms with van der Waals surface area (Å²) in [6.45, 7) is 1.30. The lowest BCUT2D eigenvalue weighted by Crippen LogP contribution is -2.35. The summed E-state index contributed by atoms with van der Waals surface area (Å²) < 4.78 is 0. The second-order valence-corrected chi connectivity index (χ2v) is 6.05. The average Bonchev–Trinajstić information content (AvgIpc) is 3.03. The molecule has 2 amide bonds. The molecule has 0 saturated heterocycles. The molecule has 6 heteroatoms. The Bertz CT molecular complexity index is 754. The summed E-state index contributed by atoms with van der Waals surface area (Å²) in [5.41, 5.74) is 0.924. The molecule has 0 N–H and O–H groups in total. The number of imide groups is 1. The molecule has 1 aromatic heterocycles. The number of halogens is 1. The van der Waals surface area contributed by atoms with E-state index in [4.69, 9.17) is 11.6 Å². The monoisotopic (exact) mass is 319 g/mol. The van der Waals surface area contributed by atoms with Gasteiger partial charge in [-0.25, -0.2) is 4.90 Å². The lowest BCUT2D eigenvalue weighted by Gasteiger charge is -2.12. The van der Waals surface area contributed by atoms with E-state index in [1.54, 1.807) is 35.7 Å². The molecule has 0 saturated carbocycles. The van der Waals surface area contributed by atoms with Crippen LogP contribution in [-0.2, 0) is 9.59 Å². The lowest BCUT2D eigenvalue weighted by molar-refractivity contribution is -0.125. The summed E-state index contributed by atoms with van der Waals surface area (Å²) in [5.74, 6) is -2.23. The number of rotatable bonds is 2. The number of carbonyl (C=O) groups excluding carboxylic acids is 3. The Kier molecular flexibility index (Phi) is 3.39. The van der Waals surface area contributed by atoms with Crippen LogP contribution in [0.25, 0.3) is 0 Å². The zero-order valence-corrected chi connectivity index (χ0v) is 12.6. The first kappa shape index (κ1) is 14.0. The number of amides is 2. The van der Waals surface area contributed by atoms with Crippen molar-refractivity contribution < 1.29 is 14.4 Å². The van der Waals surface area contributed by atoms with Crippen LogP contribution in [-0.4, -0.2) is 17.6 Å². The van der Waals surface area contributed by atoms with E-state index in [1.165, 1.54) is 18.3 Å². The van der Waals surface area contributed by atoms with Crippen molar-refractivity contribution in [1.82, 2.24) is 0 Å². The van der Waals surface area contributed by atoms with Gasteiger partial charge in [0, 0.05) is 11.9 Å². The number of ketones is 1. The number of Topliss-reactive ketones (excluding diaryl/α,β-unsaturated/α-hetero) is 1. The molecule has 0 spiro atoms. The SMILES string of the molecule is CC(=O)N1C(=O)C(C(=O)c2cccs2)c2cc(Cl)ccc21. The van der Waals surface area contributed by atoms with Crippen molar-refractivity contribution in [2.75, 3.05) is 4.90 Å². The van der Waals surface area contributed by atoms with Crippen LogP contribution in [0.15, 0.2) is 35.7 Å². The Hall–Kier alpha value is -1.98. The van der Waals surface area contributed by atoms with E-state index in [-0.39, 0.29) is 5.78 Å². The van der Waals surface area contributed by atoms with Crippen LogP contribution in [0.1, 0.15) is 28.1 Å². The molecule has 0 fully saturated rings. The Morgan fingerprint density at radius 3 is 2.67 bits per heavy atom. The van der Waals surface area contributed by atoms with Gasteiger partial charge in [-0.1, -0.05) is 17.7 Å². The van der Waals surface area contributed by atoms with Gasteiger partial charge in [-0.2, -0.15) is 0 Å². The van der Waals surface area contributed by atoms with Crippen LogP contribution >= 0.6 is 22.9 Å². The van der Waals surface area contributed by atoms with Gasteiger partial charge in [-0.05, 0) is 35.2 Å².